The van der Waals surface area contributed by atoms with Crippen LogP contribution in [0.1, 0.15) is 12.5 Å². The van der Waals surface area contributed by atoms with Gasteiger partial charge in [-0.05, 0) is 18.6 Å². The van der Waals surface area contributed by atoms with Crippen molar-refractivity contribution in [2.24, 2.45) is 0 Å². The van der Waals surface area contributed by atoms with E-state index >= 15 is 0 Å². The molecule has 2 heteroatoms. The zero-order valence-electron chi connectivity index (χ0n) is 6.87. The lowest BCUT2D eigenvalue weighted by molar-refractivity contribution is -0.115. The van der Waals surface area contributed by atoms with Crippen molar-refractivity contribution in [3.05, 3.63) is 41.5 Å². The summed E-state index contributed by atoms with van der Waals surface area (Å²) >= 11 is 0. The van der Waals surface area contributed by atoms with Crippen molar-refractivity contribution in [1.29, 1.82) is 0 Å². The Kier molecular flexibility index (Phi) is 2.64. The average molecular weight is 160 g/mol. The van der Waals surface area contributed by atoms with Crippen LogP contribution in [-0.2, 0) is 4.79 Å². The maximum atomic E-state index is 10.5. The Morgan fingerprint density at radius 2 is 1.92 bits per heavy atom. The Balaban J connectivity index is 2.89. The molecule has 1 radical (unpaired) electrons. The van der Waals surface area contributed by atoms with Gasteiger partial charge < -0.3 is 0 Å². The largest absolute Gasteiger partial charge is 0.268 e. The third-order valence-corrected chi connectivity index (χ3v) is 1.54. The number of carbonyl (C=O) groups excluding carboxylic acids is 1. The molecule has 0 aliphatic heterocycles. The van der Waals surface area contributed by atoms with Gasteiger partial charge >= 0.3 is 0 Å². The molecule has 1 rings (SSSR count). The Labute approximate surface area is 71.7 Å². The lowest BCUT2D eigenvalue weighted by Crippen LogP contribution is -1.98. The summed E-state index contributed by atoms with van der Waals surface area (Å²) in [5, 5.41) is 0. The standard InChI is InChI=1S/C10H10NO/c1-8(10(11)12)7-9-5-3-2-4-6-9/h2-7,11H,1H3/b8-7+. The Morgan fingerprint density at radius 3 is 2.42 bits per heavy atom. The number of hydrogen-bond donors (Lipinski definition) is 0. The lowest BCUT2D eigenvalue weighted by Gasteiger charge is -1.93. The predicted molar refractivity (Wildman–Crippen MR) is 48.2 cm³/mol. The van der Waals surface area contributed by atoms with Gasteiger partial charge in [-0.1, -0.05) is 30.3 Å². The Bertz CT molecular complexity index is 301. The molecule has 0 aliphatic rings. The summed E-state index contributed by atoms with van der Waals surface area (Å²) in [4.78, 5) is 10.5. The third-order valence-electron chi connectivity index (χ3n) is 1.54. The minimum atomic E-state index is -0.626. The Hall–Kier alpha value is -1.57. The van der Waals surface area contributed by atoms with E-state index in [1.54, 1.807) is 13.0 Å². The quantitative estimate of drug-likeness (QED) is 0.609. The second-order valence-electron chi connectivity index (χ2n) is 2.57. The lowest BCUT2D eigenvalue weighted by atomic mass is 10.1. The topological polar surface area (TPSA) is 40.9 Å². The van der Waals surface area contributed by atoms with E-state index in [4.69, 9.17) is 5.73 Å². The number of rotatable bonds is 2. The van der Waals surface area contributed by atoms with E-state index in [1.807, 2.05) is 30.3 Å². The molecule has 1 aromatic rings. The molecule has 61 valence electrons. The molecule has 1 N–H and O–H groups in total. The summed E-state index contributed by atoms with van der Waals surface area (Å²) in [6, 6.07) is 9.50. The zero-order chi connectivity index (χ0) is 8.97. The summed E-state index contributed by atoms with van der Waals surface area (Å²) in [5.41, 5.74) is 8.24. The zero-order valence-corrected chi connectivity index (χ0v) is 6.87. The van der Waals surface area contributed by atoms with Crippen LogP contribution in [0.2, 0.25) is 0 Å². The highest BCUT2D eigenvalue weighted by Crippen LogP contribution is 2.05. The summed E-state index contributed by atoms with van der Waals surface area (Å²) in [6.07, 6.45) is 1.70. The Morgan fingerprint density at radius 1 is 1.33 bits per heavy atom. The van der Waals surface area contributed by atoms with E-state index < -0.39 is 5.91 Å². The second-order valence-corrected chi connectivity index (χ2v) is 2.57. The molecule has 12 heavy (non-hydrogen) atoms. The molecule has 1 amide bonds. The number of amides is 1. The molecular weight excluding hydrogens is 150 g/mol. The summed E-state index contributed by atoms with van der Waals surface area (Å²) in [5.74, 6) is -0.626. The minimum Gasteiger partial charge on any atom is -0.268 e. The van der Waals surface area contributed by atoms with E-state index in [9.17, 15) is 4.79 Å². The fourth-order valence-corrected chi connectivity index (χ4v) is 0.865. The highest BCUT2D eigenvalue weighted by atomic mass is 16.1. The van der Waals surface area contributed by atoms with Gasteiger partial charge in [0.25, 0.3) is 5.91 Å². The smallest absolute Gasteiger partial charge is 0.265 e. The predicted octanol–water partition coefficient (Wildman–Crippen LogP) is 1.90. The molecule has 0 spiro atoms. The molecule has 0 saturated heterocycles. The fraction of sp³-hybridized carbons (Fsp3) is 0.100. The molecule has 0 heterocycles. The molecular formula is C10H10NO. The minimum absolute atomic E-state index is 0.459. The van der Waals surface area contributed by atoms with Gasteiger partial charge in [0.2, 0.25) is 0 Å². The molecule has 0 aliphatic carbocycles. The van der Waals surface area contributed by atoms with Crippen LogP contribution >= 0.6 is 0 Å². The SMILES string of the molecule is C/C(=C\c1ccccc1)C([NH])=O. The van der Waals surface area contributed by atoms with Crippen LogP contribution in [0.15, 0.2) is 35.9 Å². The number of carbonyl (C=O) groups is 1. The second kappa shape index (κ2) is 3.72. The first-order chi connectivity index (χ1) is 5.70. The molecule has 1 aromatic carbocycles. The molecule has 0 saturated carbocycles. The van der Waals surface area contributed by atoms with Crippen LogP contribution in [0.25, 0.3) is 6.08 Å². The van der Waals surface area contributed by atoms with Crippen LogP contribution in [0.4, 0.5) is 0 Å². The summed E-state index contributed by atoms with van der Waals surface area (Å²) < 4.78 is 0. The van der Waals surface area contributed by atoms with Crippen LogP contribution in [0.5, 0.6) is 0 Å². The molecule has 2 nitrogen and oxygen atoms in total. The van der Waals surface area contributed by atoms with Crippen LogP contribution in [0, 0.1) is 0 Å². The normalized spacial score (nSPS) is 11.2. The molecule has 0 aromatic heterocycles. The highest BCUT2D eigenvalue weighted by molar-refractivity contribution is 5.95. The first kappa shape index (κ1) is 8.53. The molecule has 0 bridgehead atoms. The number of nitrogens with one attached hydrogen (secondary N) is 1. The van der Waals surface area contributed by atoms with E-state index in [-0.39, 0.29) is 0 Å². The van der Waals surface area contributed by atoms with Crippen LogP contribution in [-0.4, -0.2) is 5.91 Å². The maximum absolute atomic E-state index is 10.5. The first-order valence-electron chi connectivity index (χ1n) is 3.69. The van der Waals surface area contributed by atoms with Crippen molar-refractivity contribution in [2.45, 2.75) is 6.92 Å². The van der Waals surface area contributed by atoms with E-state index in [0.29, 0.717) is 5.57 Å². The average Bonchev–Trinajstić information content (AvgIpc) is 2.06. The monoisotopic (exact) mass is 160 g/mol. The van der Waals surface area contributed by atoms with Gasteiger partial charge in [-0.15, -0.1) is 0 Å². The fourth-order valence-electron chi connectivity index (χ4n) is 0.865. The van der Waals surface area contributed by atoms with Gasteiger partial charge in [0, 0.05) is 5.57 Å². The van der Waals surface area contributed by atoms with E-state index in [0.717, 1.165) is 5.56 Å². The van der Waals surface area contributed by atoms with Crippen molar-refractivity contribution in [3.63, 3.8) is 0 Å². The van der Waals surface area contributed by atoms with Crippen molar-refractivity contribution in [1.82, 2.24) is 5.73 Å². The number of hydrogen-bond acceptors (Lipinski definition) is 1. The third kappa shape index (κ3) is 2.23. The van der Waals surface area contributed by atoms with Gasteiger partial charge in [0.15, 0.2) is 0 Å². The molecule has 0 atom stereocenters. The van der Waals surface area contributed by atoms with Gasteiger partial charge in [-0.3, -0.25) is 10.5 Å². The van der Waals surface area contributed by atoms with Crippen LogP contribution < -0.4 is 5.73 Å². The molecule has 0 unspecified atom stereocenters. The van der Waals surface area contributed by atoms with Crippen molar-refractivity contribution in [3.8, 4) is 0 Å². The first-order valence-corrected chi connectivity index (χ1v) is 3.69. The summed E-state index contributed by atoms with van der Waals surface area (Å²) in [7, 11) is 0. The molecule has 0 fully saturated rings. The maximum Gasteiger partial charge on any atom is 0.265 e. The van der Waals surface area contributed by atoms with Gasteiger partial charge in [-0.2, -0.15) is 0 Å². The van der Waals surface area contributed by atoms with Gasteiger partial charge in [-0.25, -0.2) is 0 Å². The number of benzene rings is 1. The van der Waals surface area contributed by atoms with Gasteiger partial charge in [0.1, 0.15) is 0 Å². The van der Waals surface area contributed by atoms with Crippen LogP contribution in [0.3, 0.4) is 0 Å². The van der Waals surface area contributed by atoms with E-state index in [1.165, 1.54) is 0 Å². The van der Waals surface area contributed by atoms with Crippen molar-refractivity contribution < 1.29 is 4.79 Å². The van der Waals surface area contributed by atoms with E-state index in [2.05, 4.69) is 0 Å². The van der Waals surface area contributed by atoms with Crippen molar-refractivity contribution in [2.75, 3.05) is 0 Å². The highest BCUT2D eigenvalue weighted by Gasteiger charge is 1.96. The van der Waals surface area contributed by atoms with Gasteiger partial charge in [0.05, 0.1) is 0 Å². The summed E-state index contributed by atoms with van der Waals surface area (Å²) in [6.45, 7) is 1.64. The van der Waals surface area contributed by atoms with Crippen molar-refractivity contribution >= 4 is 12.0 Å².